The highest BCUT2D eigenvalue weighted by Gasteiger charge is 2.19. The first-order valence-corrected chi connectivity index (χ1v) is 9.22. The third-order valence-electron chi connectivity index (χ3n) is 4.13. The molecule has 0 N–H and O–H groups in total. The number of carbonyl (C=O) groups excluding carboxylic acids is 2. The molecule has 0 unspecified atom stereocenters. The summed E-state index contributed by atoms with van der Waals surface area (Å²) in [4.78, 5) is 16.2. The molecule has 5 nitrogen and oxygen atoms in total. The number of hydrogen-bond donors (Lipinski definition) is 0. The molecule has 0 bridgehead atoms. The second-order valence-corrected chi connectivity index (χ2v) is 6.71. The predicted molar refractivity (Wildman–Crippen MR) is 102 cm³/mol. The van der Waals surface area contributed by atoms with E-state index in [4.69, 9.17) is 25.9 Å². The Labute approximate surface area is 160 Å². The van der Waals surface area contributed by atoms with Gasteiger partial charge < -0.3 is 4.74 Å². The van der Waals surface area contributed by atoms with E-state index in [1.165, 1.54) is 12.0 Å². The molecule has 26 heavy (non-hydrogen) atoms. The van der Waals surface area contributed by atoms with Crippen LogP contribution in [0.3, 0.4) is 0 Å². The van der Waals surface area contributed by atoms with Crippen LogP contribution in [0.1, 0.15) is 45.4 Å². The molecule has 0 saturated heterocycles. The molecule has 0 aliphatic carbocycles. The Kier molecular flexibility index (Phi) is 9.11. The van der Waals surface area contributed by atoms with Crippen LogP contribution in [0.5, 0.6) is 5.75 Å². The molecule has 6 heteroatoms. The fourth-order valence-corrected chi connectivity index (χ4v) is 3.11. The molecular formula is C20H27ClN2O3. The maximum atomic E-state index is 8.12. The molecule has 0 amide bonds. The molecule has 0 radical (unpaired) electrons. The average Bonchev–Trinajstić information content (AvgIpc) is 2.95. The van der Waals surface area contributed by atoms with Crippen molar-refractivity contribution in [3.63, 3.8) is 0 Å². The number of nitrogens with zero attached hydrogens (tertiary/aromatic N) is 2. The number of methoxy groups -OCH3 is 1. The Bertz CT molecular complexity index is 748. The zero-order chi connectivity index (χ0) is 19.7. The Morgan fingerprint density at radius 3 is 2.42 bits per heavy atom. The van der Waals surface area contributed by atoms with Gasteiger partial charge in [-0.15, -0.1) is 0 Å². The molecule has 2 aromatic rings. The topological polar surface area (TPSA) is 61.2 Å². The van der Waals surface area contributed by atoms with Crippen molar-refractivity contribution in [2.45, 2.75) is 53.5 Å². The van der Waals surface area contributed by atoms with Gasteiger partial charge in [0.25, 0.3) is 0 Å². The van der Waals surface area contributed by atoms with Crippen LogP contribution >= 0.6 is 11.6 Å². The van der Waals surface area contributed by atoms with Crippen LogP contribution in [0.15, 0.2) is 18.2 Å². The summed E-state index contributed by atoms with van der Waals surface area (Å²) in [5.74, 6) is 1.56. The van der Waals surface area contributed by atoms with Crippen molar-refractivity contribution in [3.05, 3.63) is 34.5 Å². The van der Waals surface area contributed by atoms with Gasteiger partial charge in [0.2, 0.25) is 0 Å². The molecule has 2 rings (SSSR count). The van der Waals surface area contributed by atoms with E-state index in [-0.39, 0.29) is 6.15 Å². The van der Waals surface area contributed by atoms with Crippen molar-refractivity contribution in [2.24, 2.45) is 5.92 Å². The lowest BCUT2D eigenvalue weighted by molar-refractivity contribution is -0.191. The molecule has 1 aromatic carbocycles. The quantitative estimate of drug-likeness (QED) is 0.694. The van der Waals surface area contributed by atoms with Gasteiger partial charge in [0.05, 0.1) is 23.5 Å². The summed E-state index contributed by atoms with van der Waals surface area (Å²) in [6.07, 6.45) is 3.32. The fraction of sp³-hybridized carbons (Fsp3) is 0.500. The first-order valence-electron chi connectivity index (χ1n) is 8.85. The molecular weight excluding hydrogens is 352 g/mol. The van der Waals surface area contributed by atoms with Gasteiger partial charge in [-0.3, -0.25) is 4.68 Å². The lowest BCUT2D eigenvalue weighted by Crippen LogP contribution is -2.01. The maximum absolute atomic E-state index is 8.12. The molecule has 0 spiro atoms. The molecule has 0 atom stereocenters. The van der Waals surface area contributed by atoms with Gasteiger partial charge in [0, 0.05) is 12.1 Å². The van der Waals surface area contributed by atoms with Crippen LogP contribution in [-0.2, 0) is 29.0 Å². The van der Waals surface area contributed by atoms with Crippen molar-refractivity contribution in [2.75, 3.05) is 7.11 Å². The third-order valence-corrected chi connectivity index (χ3v) is 4.52. The van der Waals surface area contributed by atoms with Crippen molar-refractivity contribution < 1.29 is 14.3 Å². The van der Waals surface area contributed by atoms with E-state index in [0.717, 1.165) is 47.1 Å². The van der Waals surface area contributed by atoms with Crippen molar-refractivity contribution in [3.8, 4) is 17.0 Å². The Morgan fingerprint density at radius 2 is 1.92 bits per heavy atom. The molecule has 0 aliphatic rings. The van der Waals surface area contributed by atoms with Gasteiger partial charge in [0.15, 0.2) is 0 Å². The van der Waals surface area contributed by atoms with E-state index in [0.29, 0.717) is 5.92 Å². The van der Waals surface area contributed by atoms with Crippen LogP contribution < -0.4 is 4.74 Å². The number of halogens is 1. The summed E-state index contributed by atoms with van der Waals surface area (Å²) in [5.41, 5.74) is 4.21. The number of aromatic nitrogens is 2. The summed E-state index contributed by atoms with van der Waals surface area (Å²) in [6.45, 7) is 9.43. The van der Waals surface area contributed by atoms with Gasteiger partial charge in [-0.2, -0.15) is 14.7 Å². The largest absolute Gasteiger partial charge is 0.496 e. The zero-order valence-corrected chi connectivity index (χ0v) is 16.9. The van der Waals surface area contributed by atoms with E-state index >= 15 is 0 Å². The Balaban J connectivity index is 0.00000105. The number of aryl methyl sites for hydroxylation is 3. The highest BCUT2D eigenvalue weighted by Crippen LogP contribution is 2.37. The molecule has 142 valence electrons. The number of hydrogen-bond acceptors (Lipinski definition) is 4. The van der Waals surface area contributed by atoms with Crippen LogP contribution in [-0.4, -0.2) is 23.0 Å². The van der Waals surface area contributed by atoms with E-state index in [9.17, 15) is 0 Å². The second kappa shape index (κ2) is 10.8. The van der Waals surface area contributed by atoms with Crippen molar-refractivity contribution in [1.29, 1.82) is 0 Å². The number of benzene rings is 1. The average molecular weight is 379 g/mol. The smallest absolute Gasteiger partial charge is 0.373 e. The molecule has 0 saturated carbocycles. The summed E-state index contributed by atoms with van der Waals surface area (Å²) in [5, 5.41) is 5.35. The molecule has 0 aliphatic heterocycles. The molecule has 1 heterocycles. The Morgan fingerprint density at radius 1 is 1.27 bits per heavy atom. The minimum absolute atomic E-state index is 0.250. The van der Waals surface area contributed by atoms with Crippen LogP contribution in [0.2, 0.25) is 5.02 Å². The first kappa shape index (κ1) is 21.9. The number of rotatable bonds is 7. The molecule has 1 aromatic heterocycles. The number of ether oxygens (including phenoxy) is 1. The lowest BCUT2D eigenvalue weighted by Gasteiger charge is -2.13. The minimum atomic E-state index is 0.250. The first-order chi connectivity index (χ1) is 12.4. The maximum Gasteiger partial charge on any atom is 0.373 e. The SMILES string of the molecule is CCc1nn(CC)c(-c2ccc(CCC(C)C)cc2OC)c1Cl.O=C=O. The van der Waals surface area contributed by atoms with E-state index in [2.05, 4.69) is 51.0 Å². The highest BCUT2D eigenvalue weighted by atomic mass is 35.5. The summed E-state index contributed by atoms with van der Waals surface area (Å²) < 4.78 is 7.61. The summed E-state index contributed by atoms with van der Waals surface area (Å²) in [6, 6.07) is 6.42. The van der Waals surface area contributed by atoms with E-state index in [1.807, 2.05) is 4.68 Å². The monoisotopic (exact) mass is 378 g/mol. The Hall–Kier alpha value is -2.10. The summed E-state index contributed by atoms with van der Waals surface area (Å²) in [7, 11) is 1.71. The fourth-order valence-electron chi connectivity index (χ4n) is 2.74. The summed E-state index contributed by atoms with van der Waals surface area (Å²) >= 11 is 6.58. The van der Waals surface area contributed by atoms with Gasteiger partial charge in [0.1, 0.15) is 5.75 Å². The van der Waals surface area contributed by atoms with Crippen molar-refractivity contribution >= 4 is 17.8 Å². The third kappa shape index (κ3) is 5.45. The van der Waals surface area contributed by atoms with E-state index < -0.39 is 0 Å². The minimum Gasteiger partial charge on any atom is -0.496 e. The normalized spacial score (nSPS) is 10.3. The van der Waals surface area contributed by atoms with Crippen LogP contribution in [0.25, 0.3) is 11.3 Å². The van der Waals surface area contributed by atoms with Gasteiger partial charge in [-0.25, -0.2) is 0 Å². The van der Waals surface area contributed by atoms with Crippen LogP contribution in [0.4, 0.5) is 0 Å². The van der Waals surface area contributed by atoms with Crippen LogP contribution in [0, 0.1) is 5.92 Å². The predicted octanol–water partition coefficient (Wildman–Crippen LogP) is 4.80. The van der Waals surface area contributed by atoms with Gasteiger partial charge >= 0.3 is 6.15 Å². The lowest BCUT2D eigenvalue weighted by atomic mass is 10.00. The zero-order valence-electron chi connectivity index (χ0n) is 16.1. The van der Waals surface area contributed by atoms with E-state index in [1.54, 1.807) is 7.11 Å². The van der Waals surface area contributed by atoms with Gasteiger partial charge in [-0.05, 0) is 49.8 Å². The highest BCUT2D eigenvalue weighted by molar-refractivity contribution is 6.33. The van der Waals surface area contributed by atoms with Gasteiger partial charge in [-0.1, -0.05) is 38.4 Å². The second-order valence-electron chi connectivity index (χ2n) is 6.33. The van der Waals surface area contributed by atoms with Crippen molar-refractivity contribution in [1.82, 2.24) is 9.78 Å². The molecule has 0 fully saturated rings. The standard InChI is InChI=1S/C19H27ClN2O.CO2/c1-6-16-18(20)19(22(7-2)21-16)15-11-10-14(9-8-13(3)4)12-17(15)23-5;2-1-3/h10-13H,6-9H2,1-5H3;.